The molecule has 0 unspecified atom stereocenters. The van der Waals surface area contributed by atoms with E-state index in [-0.39, 0.29) is 18.0 Å². The minimum Gasteiger partial charge on any atom is -0.497 e. The Bertz CT molecular complexity index is 890. The highest BCUT2D eigenvalue weighted by Crippen LogP contribution is 2.21. The Hall–Kier alpha value is -3.22. The predicted octanol–water partition coefficient (Wildman–Crippen LogP) is 3.55. The lowest BCUT2D eigenvalue weighted by atomic mass is 10.1. The van der Waals surface area contributed by atoms with Gasteiger partial charge in [-0.2, -0.15) is 4.98 Å². The Balaban J connectivity index is 1.64. The molecule has 0 aliphatic carbocycles. The zero-order chi connectivity index (χ0) is 17.8. The number of carbonyl (C=O) groups excluding carboxylic acids is 1. The van der Waals surface area contributed by atoms with Crippen LogP contribution in [0, 0.1) is 12.7 Å². The number of hydrogen-bond acceptors (Lipinski definition) is 6. The van der Waals surface area contributed by atoms with Gasteiger partial charge in [-0.1, -0.05) is 11.2 Å². The van der Waals surface area contributed by atoms with Gasteiger partial charge in [-0.15, -0.1) is 0 Å². The molecule has 0 atom stereocenters. The quantitative estimate of drug-likeness (QED) is 0.660. The second kappa shape index (κ2) is 7.12. The normalized spacial score (nSPS) is 10.5. The van der Waals surface area contributed by atoms with Crippen LogP contribution < -0.4 is 4.74 Å². The average molecular weight is 342 g/mol. The lowest BCUT2D eigenvalue weighted by molar-refractivity contribution is 0.0459. The van der Waals surface area contributed by atoms with Gasteiger partial charge in [0, 0.05) is 5.56 Å². The molecule has 0 bridgehead atoms. The van der Waals surface area contributed by atoms with E-state index >= 15 is 0 Å². The molecule has 3 aromatic rings. The molecule has 128 valence electrons. The van der Waals surface area contributed by atoms with E-state index in [1.165, 1.54) is 12.1 Å². The fourth-order valence-electron chi connectivity index (χ4n) is 2.10. The number of hydrogen-bond donors (Lipinski definition) is 0. The fraction of sp³-hybridized carbons (Fsp3) is 0.167. The number of benzene rings is 2. The highest BCUT2D eigenvalue weighted by atomic mass is 19.1. The van der Waals surface area contributed by atoms with Crippen LogP contribution in [-0.4, -0.2) is 23.2 Å². The van der Waals surface area contributed by atoms with E-state index in [2.05, 4.69) is 10.1 Å². The van der Waals surface area contributed by atoms with Gasteiger partial charge in [0.25, 0.3) is 5.89 Å². The largest absolute Gasteiger partial charge is 0.497 e. The molecular formula is C18H15FN2O4. The molecule has 0 N–H and O–H groups in total. The standard InChI is InChI=1S/C18H15FN2O4/c1-11-3-4-13(9-15(11)19)18(22)24-10-16-20-17(25-21-16)12-5-7-14(23-2)8-6-12/h3-9H,10H2,1-2H3. The van der Waals surface area contributed by atoms with Crippen molar-refractivity contribution >= 4 is 5.97 Å². The van der Waals surface area contributed by atoms with Crippen molar-refractivity contribution in [2.24, 2.45) is 0 Å². The van der Waals surface area contributed by atoms with E-state index in [9.17, 15) is 9.18 Å². The van der Waals surface area contributed by atoms with E-state index in [0.29, 0.717) is 22.8 Å². The maximum Gasteiger partial charge on any atom is 0.338 e. The molecule has 0 spiro atoms. The van der Waals surface area contributed by atoms with Crippen LogP contribution in [0.25, 0.3) is 11.5 Å². The first-order valence-corrected chi connectivity index (χ1v) is 7.47. The van der Waals surface area contributed by atoms with Gasteiger partial charge < -0.3 is 14.0 Å². The number of ether oxygens (including phenoxy) is 2. The molecule has 6 nitrogen and oxygen atoms in total. The number of methoxy groups -OCH3 is 1. The van der Waals surface area contributed by atoms with E-state index in [4.69, 9.17) is 14.0 Å². The number of halogens is 1. The number of rotatable bonds is 5. The van der Waals surface area contributed by atoms with Crippen molar-refractivity contribution in [3.05, 3.63) is 65.2 Å². The molecule has 0 aliphatic heterocycles. The molecule has 0 radical (unpaired) electrons. The molecule has 7 heteroatoms. The number of aryl methyl sites for hydroxylation is 1. The maximum atomic E-state index is 13.5. The molecule has 0 fully saturated rings. The number of carbonyl (C=O) groups is 1. The summed E-state index contributed by atoms with van der Waals surface area (Å²) < 4.78 is 28.8. The molecule has 1 aromatic heterocycles. The summed E-state index contributed by atoms with van der Waals surface area (Å²) in [4.78, 5) is 16.1. The second-order valence-corrected chi connectivity index (χ2v) is 5.28. The number of nitrogens with zero attached hydrogens (tertiary/aromatic N) is 2. The summed E-state index contributed by atoms with van der Waals surface area (Å²) in [5, 5.41) is 3.76. The minimum absolute atomic E-state index is 0.127. The summed E-state index contributed by atoms with van der Waals surface area (Å²) in [6.07, 6.45) is 0. The van der Waals surface area contributed by atoms with Gasteiger partial charge in [-0.3, -0.25) is 0 Å². The third-order valence-corrected chi connectivity index (χ3v) is 3.54. The average Bonchev–Trinajstić information content (AvgIpc) is 3.11. The highest BCUT2D eigenvalue weighted by molar-refractivity contribution is 5.89. The van der Waals surface area contributed by atoms with E-state index in [1.807, 2.05) is 0 Å². The lowest BCUT2D eigenvalue weighted by Crippen LogP contribution is -2.06. The topological polar surface area (TPSA) is 74.5 Å². The molecule has 25 heavy (non-hydrogen) atoms. The van der Waals surface area contributed by atoms with Crippen molar-refractivity contribution in [1.82, 2.24) is 10.1 Å². The molecule has 2 aromatic carbocycles. The molecule has 0 saturated carbocycles. The monoisotopic (exact) mass is 342 g/mol. The van der Waals surface area contributed by atoms with Crippen molar-refractivity contribution in [3.8, 4) is 17.2 Å². The van der Waals surface area contributed by atoms with Gasteiger partial charge in [-0.25, -0.2) is 9.18 Å². The Labute approximate surface area is 143 Å². The number of esters is 1. The Kier molecular flexibility index (Phi) is 4.74. The first kappa shape index (κ1) is 16.6. The van der Waals surface area contributed by atoms with Gasteiger partial charge in [-0.05, 0) is 48.9 Å². The number of aromatic nitrogens is 2. The molecule has 1 heterocycles. The van der Waals surface area contributed by atoms with Crippen LogP contribution in [0.5, 0.6) is 5.75 Å². The predicted molar refractivity (Wildman–Crippen MR) is 86.5 cm³/mol. The van der Waals surface area contributed by atoms with Crippen LogP contribution in [-0.2, 0) is 11.3 Å². The first-order chi connectivity index (χ1) is 12.1. The Morgan fingerprint density at radius 3 is 2.64 bits per heavy atom. The summed E-state index contributed by atoms with van der Waals surface area (Å²) in [6.45, 7) is 1.44. The highest BCUT2D eigenvalue weighted by Gasteiger charge is 2.13. The van der Waals surface area contributed by atoms with Crippen LogP contribution in [0.3, 0.4) is 0 Å². The maximum absolute atomic E-state index is 13.5. The molecule has 0 amide bonds. The summed E-state index contributed by atoms with van der Waals surface area (Å²) in [6, 6.07) is 11.2. The molecular weight excluding hydrogens is 327 g/mol. The van der Waals surface area contributed by atoms with E-state index in [0.717, 1.165) is 6.07 Å². The fourth-order valence-corrected chi connectivity index (χ4v) is 2.10. The zero-order valence-corrected chi connectivity index (χ0v) is 13.7. The van der Waals surface area contributed by atoms with Gasteiger partial charge in [0.1, 0.15) is 11.6 Å². The summed E-state index contributed by atoms with van der Waals surface area (Å²) in [7, 11) is 1.58. The van der Waals surface area contributed by atoms with Crippen LogP contribution in [0.2, 0.25) is 0 Å². The van der Waals surface area contributed by atoms with E-state index < -0.39 is 11.8 Å². The lowest BCUT2D eigenvalue weighted by Gasteiger charge is -2.03. The smallest absolute Gasteiger partial charge is 0.338 e. The molecule has 0 aliphatic rings. The van der Waals surface area contributed by atoms with Gasteiger partial charge >= 0.3 is 5.97 Å². The van der Waals surface area contributed by atoms with Crippen LogP contribution in [0.4, 0.5) is 4.39 Å². The summed E-state index contributed by atoms with van der Waals surface area (Å²) in [5.74, 6) is 0.107. The van der Waals surface area contributed by atoms with E-state index in [1.54, 1.807) is 38.3 Å². The van der Waals surface area contributed by atoms with Crippen molar-refractivity contribution in [3.63, 3.8) is 0 Å². The van der Waals surface area contributed by atoms with Crippen molar-refractivity contribution in [2.75, 3.05) is 7.11 Å². The van der Waals surface area contributed by atoms with Crippen LogP contribution in [0.15, 0.2) is 47.0 Å². The third kappa shape index (κ3) is 3.82. The van der Waals surface area contributed by atoms with Gasteiger partial charge in [0.05, 0.1) is 12.7 Å². The van der Waals surface area contributed by atoms with Gasteiger partial charge in [0.2, 0.25) is 5.82 Å². The van der Waals surface area contributed by atoms with Crippen LogP contribution >= 0.6 is 0 Å². The van der Waals surface area contributed by atoms with Crippen molar-refractivity contribution < 1.29 is 23.2 Å². The first-order valence-electron chi connectivity index (χ1n) is 7.47. The van der Waals surface area contributed by atoms with Gasteiger partial charge in [0.15, 0.2) is 6.61 Å². The van der Waals surface area contributed by atoms with Crippen molar-refractivity contribution in [2.45, 2.75) is 13.5 Å². The van der Waals surface area contributed by atoms with Crippen molar-refractivity contribution in [1.29, 1.82) is 0 Å². The summed E-state index contributed by atoms with van der Waals surface area (Å²) in [5.41, 5.74) is 1.30. The second-order valence-electron chi connectivity index (χ2n) is 5.28. The minimum atomic E-state index is -0.658. The third-order valence-electron chi connectivity index (χ3n) is 3.54. The Morgan fingerprint density at radius 2 is 1.96 bits per heavy atom. The summed E-state index contributed by atoms with van der Waals surface area (Å²) >= 11 is 0. The Morgan fingerprint density at radius 1 is 1.20 bits per heavy atom. The molecule has 3 rings (SSSR count). The SMILES string of the molecule is COc1ccc(-c2nc(COC(=O)c3ccc(C)c(F)c3)no2)cc1. The van der Waals surface area contributed by atoms with Crippen LogP contribution in [0.1, 0.15) is 21.7 Å². The molecule has 0 saturated heterocycles. The zero-order valence-electron chi connectivity index (χ0n) is 13.7.